The SMILES string of the molecule is O=C(CNc1cc(Cl)cc(Cl)c1)NC1CCCN(C(=O)O)C1. The fraction of sp³-hybridized carbons (Fsp3) is 0.429. The third-order valence-corrected chi connectivity index (χ3v) is 3.81. The van der Waals surface area contributed by atoms with Crippen LogP contribution in [0.4, 0.5) is 10.5 Å². The standard InChI is InChI=1S/C14H17Cl2N3O3/c15-9-4-10(16)6-12(5-9)17-7-13(20)18-11-2-1-3-19(8-11)14(21)22/h4-6,11,17H,1-3,7-8H2,(H,18,20)(H,21,22). The second kappa shape index (κ2) is 7.56. The number of hydrogen-bond acceptors (Lipinski definition) is 3. The lowest BCUT2D eigenvalue weighted by molar-refractivity contribution is -0.120. The summed E-state index contributed by atoms with van der Waals surface area (Å²) in [5.74, 6) is -0.201. The van der Waals surface area contributed by atoms with Gasteiger partial charge in [-0.3, -0.25) is 4.79 Å². The highest BCUT2D eigenvalue weighted by Gasteiger charge is 2.24. The maximum atomic E-state index is 11.9. The van der Waals surface area contributed by atoms with Crippen LogP contribution >= 0.6 is 23.2 Å². The van der Waals surface area contributed by atoms with Crippen LogP contribution in [0.2, 0.25) is 10.0 Å². The van der Waals surface area contributed by atoms with Crippen molar-refractivity contribution in [2.24, 2.45) is 0 Å². The van der Waals surface area contributed by atoms with E-state index in [2.05, 4.69) is 10.6 Å². The van der Waals surface area contributed by atoms with Crippen molar-refractivity contribution in [2.45, 2.75) is 18.9 Å². The molecule has 0 bridgehead atoms. The Hall–Kier alpha value is -1.66. The molecular weight excluding hydrogens is 329 g/mol. The van der Waals surface area contributed by atoms with Crippen LogP contribution < -0.4 is 10.6 Å². The Balaban J connectivity index is 1.81. The number of carbonyl (C=O) groups is 2. The second-order valence-corrected chi connectivity index (χ2v) is 6.02. The number of halogens is 2. The molecule has 1 aliphatic rings. The summed E-state index contributed by atoms with van der Waals surface area (Å²) in [4.78, 5) is 24.2. The summed E-state index contributed by atoms with van der Waals surface area (Å²) in [6.45, 7) is 0.908. The van der Waals surface area contributed by atoms with Crippen molar-refractivity contribution in [1.29, 1.82) is 0 Å². The average Bonchev–Trinajstić information content (AvgIpc) is 2.44. The van der Waals surface area contributed by atoms with Crippen LogP contribution in [0.15, 0.2) is 18.2 Å². The molecule has 0 aromatic heterocycles. The molecular formula is C14H17Cl2N3O3. The van der Waals surface area contributed by atoms with Gasteiger partial charge in [0, 0.05) is 34.9 Å². The van der Waals surface area contributed by atoms with E-state index in [0.29, 0.717) is 28.8 Å². The minimum atomic E-state index is -0.953. The van der Waals surface area contributed by atoms with Gasteiger partial charge >= 0.3 is 6.09 Å². The first kappa shape index (κ1) is 16.7. The summed E-state index contributed by atoms with van der Waals surface area (Å²) in [5.41, 5.74) is 0.656. The lowest BCUT2D eigenvalue weighted by Crippen LogP contribution is -2.50. The maximum absolute atomic E-state index is 11.9. The third-order valence-electron chi connectivity index (χ3n) is 3.37. The van der Waals surface area contributed by atoms with Crippen LogP contribution in [-0.4, -0.2) is 47.7 Å². The number of likely N-dealkylation sites (tertiary alicyclic amines) is 1. The quantitative estimate of drug-likeness (QED) is 0.783. The molecule has 1 unspecified atom stereocenters. The molecule has 0 radical (unpaired) electrons. The number of benzene rings is 1. The van der Waals surface area contributed by atoms with Gasteiger partial charge in [0.15, 0.2) is 0 Å². The van der Waals surface area contributed by atoms with E-state index in [1.54, 1.807) is 18.2 Å². The zero-order valence-electron chi connectivity index (χ0n) is 11.8. The molecule has 1 fully saturated rings. The highest BCUT2D eigenvalue weighted by Crippen LogP contribution is 2.22. The molecule has 1 atom stereocenters. The summed E-state index contributed by atoms with van der Waals surface area (Å²) in [5, 5.41) is 15.7. The van der Waals surface area contributed by atoms with E-state index in [9.17, 15) is 9.59 Å². The van der Waals surface area contributed by atoms with E-state index in [4.69, 9.17) is 28.3 Å². The topological polar surface area (TPSA) is 81.7 Å². The van der Waals surface area contributed by atoms with Crippen molar-refractivity contribution < 1.29 is 14.7 Å². The first-order valence-electron chi connectivity index (χ1n) is 6.91. The maximum Gasteiger partial charge on any atom is 0.407 e. The number of rotatable bonds is 4. The molecule has 0 aliphatic carbocycles. The van der Waals surface area contributed by atoms with Gasteiger partial charge in [-0.1, -0.05) is 23.2 Å². The van der Waals surface area contributed by atoms with Crippen molar-refractivity contribution in [2.75, 3.05) is 25.0 Å². The zero-order chi connectivity index (χ0) is 16.1. The summed E-state index contributed by atoms with van der Waals surface area (Å²) in [6, 6.07) is 4.81. The predicted molar refractivity (Wildman–Crippen MR) is 85.7 cm³/mol. The largest absolute Gasteiger partial charge is 0.465 e. The molecule has 1 aromatic carbocycles. The van der Waals surface area contributed by atoms with E-state index in [1.165, 1.54) is 4.90 Å². The number of carboxylic acid groups (broad SMARTS) is 1. The Bertz CT molecular complexity index is 548. The molecule has 0 saturated carbocycles. The molecule has 0 spiro atoms. The van der Waals surface area contributed by atoms with Gasteiger partial charge in [-0.15, -0.1) is 0 Å². The number of piperidine rings is 1. The van der Waals surface area contributed by atoms with Crippen LogP contribution in [0.1, 0.15) is 12.8 Å². The molecule has 1 heterocycles. The third kappa shape index (κ3) is 4.96. The lowest BCUT2D eigenvalue weighted by atomic mass is 10.1. The molecule has 120 valence electrons. The molecule has 2 amide bonds. The van der Waals surface area contributed by atoms with E-state index < -0.39 is 6.09 Å². The summed E-state index contributed by atoms with van der Waals surface area (Å²) >= 11 is 11.8. The number of nitrogens with one attached hydrogen (secondary N) is 2. The van der Waals surface area contributed by atoms with E-state index >= 15 is 0 Å². The van der Waals surface area contributed by atoms with Crippen LogP contribution in [0.3, 0.4) is 0 Å². The second-order valence-electron chi connectivity index (χ2n) is 5.15. The van der Waals surface area contributed by atoms with Crippen molar-refractivity contribution in [3.8, 4) is 0 Å². The molecule has 3 N–H and O–H groups in total. The van der Waals surface area contributed by atoms with E-state index in [-0.39, 0.29) is 18.5 Å². The van der Waals surface area contributed by atoms with Gasteiger partial charge in [-0.25, -0.2) is 4.79 Å². The molecule has 6 nitrogen and oxygen atoms in total. The lowest BCUT2D eigenvalue weighted by Gasteiger charge is -2.31. The Labute approximate surface area is 138 Å². The normalized spacial score (nSPS) is 17.9. The van der Waals surface area contributed by atoms with Crippen LogP contribution in [0.5, 0.6) is 0 Å². The molecule has 1 aromatic rings. The number of anilines is 1. The van der Waals surface area contributed by atoms with Crippen molar-refractivity contribution in [3.05, 3.63) is 28.2 Å². The van der Waals surface area contributed by atoms with Gasteiger partial charge in [-0.2, -0.15) is 0 Å². The van der Waals surface area contributed by atoms with Crippen LogP contribution in [0, 0.1) is 0 Å². The number of hydrogen-bond donors (Lipinski definition) is 3. The fourth-order valence-corrected chi connectivity index (χ4v) is 2.91. The Morgan fingerprint density at radius 3 is 2.59 bits per heavy atom. The molecule has 8 heteroatoms. The molecule has 22 heavy (non-hydrogen) atoms. The molecule has 1 saturated heterocycles. The van der Waals surface area contributed by atoms with Crippen molar-refractivity contribution in [1.82, 2.24) is 10.2 Å². The molecule has 1 aliphatic heterocycles. The smallest absolute Gasteiger partial charge is 0.407 e. The predicted octanol–water partition coefficient (Wildman–Crippen LogP) is 2.66. The summed E-state index contributed by atoms with van der Waals surface area (Å²) in [7, 11) is 0. The number of nitrogens with zero attached hydrogens (tertiary/aromatic N) is 1. The minimum absolute atomic E-state index is 0.0697. The Morgan fingerprint density at radius 1 is 1.27 bits per heavy atom. The van der Waals surface area contributed by atoms with E-state index in [1.807, 2.05) is 0 Å². The van der Waals surface area contributed by atoms with Gasteiger partial charge in [0.05, 0.1) is 6.54 Å². The Kier molecular flexibility index (Phi) is 5.74. The fourth-order valence-electron chi connectivity index (χ4n) is 2.39. The minimum Gasteiger partial charge on any atom is -0.465 e. The van der Waals surface area contributed by atoms with Gasteiger partial charge in [0.1, 0.15) is 0 Å². The van der Waals surface area contributed by atoms with Crippen molar-refractivity contribution >= 4 is 40.9 Å². The van der Waals surface area contributed by atoms with Crippen LogP contribution in [0.25, 0.3) is 0 Å². The zero-order valence-corrected chi connectivity index (χ0v) is 13.3. The Morgan fingerprint density at radius 2 is 1.95 bits per heavy atom. The number of carbonyl (C=O) groups excluding carboxylic acids is 1. The molecule has 2 rings (SSSR count). The summed E-state index contributed by atoms with van der Waals surface area (Å²) in [6.07, 6.45) is 0.568. The van der Waals surface area contributed by atoms with Gasteiger partial charge in [-0.05, 0) is 31.0 Å². The highest BCUT2D eigenvalue weighted by molar-refractivity contribution is 6.35. The monoisotopic (exact) mass is 345 g/mol. The van der Waals surface area contributed by atoms with Gasteiger partial charge in [0.2, 0.25) is 5.91 Å². The van der Waals surface area contributed by atoms with Gasteiger partial charge < -0.3 is 20.6 Å². The van der Waals surface area contributed by atoms with Gasteiger partial charge in [0.25, 0.3) is 0 Å². The average molecular weight is 346 g/mol. The number of amides is 2. The highest BCUT2D eigenvalue weighted by atomic mass is 35.5. The summed E-state index contributed by atoms with van der Waals surface area (Å²) < 4.78 is 0. The van der Waals surface area contributed by atoms with Crippen LogP contribution in [-0.2, 0) is 4.79 Å². The van der Waals surface area contributed by atoms with Crippen molar-refractivity contribution in [3.63, 3.8) is 0 Å². The van der Waals surface area contributed by atoms with E-state index in [0.717, 1.165) is 12.8 Å². The first-order valence-corrected chi connectivity index (χ1v) is 7.67. The first-order chi connectivity index (χ1) is 10.4.